The van der Waals surface area contributed by atoms with Crippen molar-refractivity contribution in [1.29, 1.82) is 0 Å². The number of methoxy groups -OCH3 is 2. The summed E-state index contributed by atoms with van der Waals surface area (Å²) in [6.07, 6.45) is 0. The Hall–Kier alpha value is -2.00. The predicted molar refractivity (Wildman–Crippen MR) is 123 cm³/mol. The van der Waals surface area contributed by atoms with Crippen molar-refractivity contribution >= 4 is 35.6 Å². The van der Waals surface area contributed by atoms with E-state index in [0.717, 1.165) is 12.2 Å². The Morgan fingerprint density at radius 3 is 2.26 bits per heavy atom. The van der Waals surface area contributed by atoms with Gasteiger partial charge in [-0.25, -0.2) is 0 Å². The summed E-state index contributed by atoms with van der Waals surface area (Å²) in [5.41, 5.74) is 2.13. The highest BCUT2D eigenvalue weighted by Crippen LogP contribution is 2.29. The molecule has 7 heteroatoms. The van der Waals surface area contributed by atoms with Gasteiger partial charge in [0.15, 0.2) is 17.5 Å². The Bertz CT molecular complexity index is 723. The Morgan fingerprint density at radius 1 is 1.04 bits per heavy atom. The standard InChI is InChI=1S/C20H28N4O2.HI/c1-21-20(23-16-11-12-18(25-4)19(13-16)26-5)22-14-17(24(2)3)15-9-7-6-8-10-15;/h6-13,17H,14H2,1-5H3,(H2,21,22,23);1H. The average molecular weight is 484 g/mol. The van der Waals surface area contributed by atoms with Gasteiger partial charge in [0.25, 0.3) is 0 Å². The van der Waals surface area contributed by atoms with Crippen LogP contribution in [-0.4, -0.2) is 52.8 Å². The maximum Gasteiger partial charge on any atom is 0.195 e. The number of aliphatic imine (C=N–C) groups is 1. The van der Waals surface area contributed by atoms with Gasteiger partial charge < -0.3 is 25.0 Å². The number of ether oxygens (including phenoxy) is 2. The maximum atomic E-state index is 5.35. The lowest BCUT2D eigenvalue weighted by molar-refractivity contribution is 0.299. The lowest BCUT2D eigenvalue weighted by Crippen LogP contribution is -2.37. The van der Waals surface area contributed by atoms with Crippen LogP contribution in [0.3, 0.4) is 0 Å². The molecule has 0 bridgehead atoms. The Morgan fingerprint density at radius 2 is 1.70 bits per heavy atom. The van der Waals surface area contributed by atoms with Gasteiger partial charge in [-0.2, -0.15) is 0 Å². The van der Waals surface area contributed by atoms with E-state index in [4.69, 9.17) is 9.47 Å². The first-order valence-corrected chi connectivity index (χ1v) is 8.50. The van der Waals surface area contributed by atoms with Crippen LogP contribution >= 0.6 is 24.0 Å². The van der Waals surface area contributed by atoms with Crippen molar-refractivity contribution in [3.05, 3.63) is 54.1 Å². The van der Waals surface area contributed by atoms with Crippen LogP contribution in [0.4, 0.5) is 5.69 Å². The number of benzene rings is 2. The van der Waals surface area contributed by atoms with Crippen molar-refractivity contribution in [3.8, 4) is 11.5 Å². The zero-order valence-corrected chi connectivity index (χ0v) is 18.9. The van der Waals surface area contributed by atoms with Crippen LogP contribution in [0.15, 0.2) is 53.5 Å². The fraction of sp³-hybridized carbons (Fsp3) is 0.350. The molecule has 2 N–H and O–H groups in total. The first kappa shape index (κ1) is 23.0. The molecule has 1 atom stereocenters. The molecule has 0 amide bonds. The number of likely N-dealkylation sites (N-methyl/N-ethyl adjacent to an activating group) is 1. The molecular formula is C20H29IN4O2. The topological polar surface area (TPSA) is 58.1 Å². The van der Waals surface area contributed by atoms with Crippen LogP contribution in [0.1, 0.15) is 11.6 Å². The molecule has 0 saturated carbocycles. The van der Waals surface area contributed by atoms with Crippen molar-refractivity contribution in [1.82, 2.24) is 10.2 Å². The summed E-state index contributed by atoms with van der Waals surface area (Å²) in [5, 5.41) is 6.67. The van der Waals surface area contributed by atoms with E-state index in [1.54, 1.807) is 21.3 Å². The van der Waals surface area contributed by atoms with Crippen LogP contribution in [0.2, 0.25) is 0 Å². The molecule has 0 aliphatic carbocycles. The quantitative estimate of drug-likeness (QED) is 0.357. The number of hydrogen-bond donors (Lipinski definition) is 2. The number of anilines is 1. The SMILES string of the molecule is CN=C(NCC(c1ccccc1)N(C)C)Nc1ccc(OC)c(OC)c1.I. The van der Waals surface area contributed by atoms with Crippen LogP contribution in [0.5, 0.6) is 11.5 Å². The van der Waals surface area contributed by atoms with Gasteiger partial charge in [0.2, 0.25) is 0 Å². The van der Waals surface area contributed by atoms with Gasteiger partial charge in [0, 0.05) is 25.3 Å². The van der Waals surface area contributed by atoms with Gasteiger partial charge in [0.05, 0.1) is 20.3 Å². The van der Waals surface area contributed by atoms with Crippen molar-refractivity contribution in [2.75, 3.05) is 47.2 Å². The highest BCUT2D eigenvalue weighted by atomic mass is 127. The third-order valence-electron chi connectivity index (χ3n) is 4.14. The van der Waals surface area contributed by atoms with E-state index in [9.17, 15) is 0 Å². The van der Waals surface area contributed by atoms with E-state index in [0.29, 0.717) is 17.5 Å². The van der Waals surface area contributed by atoms with Gasteiger partial charge in [0.1, 0.15) is 0 Å². The lowest BCUT2D eigenvalue weighted by atomic mass is 10.1. The monoisotopic (exact) mass is 484 g/mol. The number of nitrogens with one attached hydrogen (secondary N) is 2. The molecule has 0 heterocycles. The van der Waals surface area contributed by atoms with Gasteiger partial charge in [-0.15, -0.1) is 24.0 Å². The fourth-order valence-electron chi connectivity index (χ4n) is 2.70. The number of guanidine groups is 1. The highest BCUT2D eigenvalue weighted by molar-refractivity contribution is 14.0. The molecule has 0 aliphatic heterocycles. The van der Waals surface area contributed by atoms with Gasteiger partial charge >= 0.3 is 0 Å². The summed E-state index contributed by atoms with van der Waals surface area (Å²) in [6, 6.07) is 16.3. The zero-order valence-electron chi connectivity index (χ0n) is 16.5. The molecule has 0 radical (unpaired) electrons. The molecule has 6 nitrogen and oxygen atoms in total. The van der Waals surface area contributed by atoms with E-state index < -0.39 is 0 Å². The lowest BCUT2D eigenvalue weighted by Gasteiger charge is -2.26. The second kappa shape index (κ2) is 11.7. The minimum Gasteiger partial charge on any atom is -0.493 e. The summed E-state index contributed by atoms with van der Waals surface area (Å²) in [6.45, 7) is 0.726. The number of hydrogen-bond acceptors (Lipinski definition) is 4. The molecular weight excluding hydrogens is 455 g/mol. The molecule has 0 saturated heterocycles. The van der Waals surface area contributed by atoms with Crippen LogP contribution in [-0.2, 0) is 0 Å². The van der Waals surface area contributed by atoms with Gasteiger partial charge in [-0.05, 0) is 31.8 Å². The molecule has 0 aliphatic rings. The third kappa shape index (κ3) is 6.59. The number of rotatable bonds is 7. The van der Waals surface area contributed by atoms with E-state index in [1.807, 2.05) is 24.3 Å². The molecule has 0 fully saturated rings. The summed E-state index contributed by atoms with van der Waals surface area (Å²) >= 11 is 0. The summed E-state index contributed by atoms with van der Waals surface area (Å²) in [5.74, 6) is 2.06. The first-order chi connectivity index (χ1) is 12.6. The molecule has 2 rings (SSSR count). The summed E-state index contributed by atoms with van der Waals surface area (Å²) < 4.78 is 10.6. The summed E-state index contributed by atoms with van der Waals surface area (Å²) in [7, 11) is 9.14. The van der Waals surface area contributed by atoms with Crippen molar-refractivity contribution in [2.24, 2.45) is 4.99 Å². The smallest absolute Gasteiger partial charge is 0.195 e. The molecule has 1 unspecified atom stereocenters. The van der Waals surface area contributed by atoms with Crippen molar-refractivity contribution < 1.29 is 9.47 Å². The largest absolute Gasteiger partial charge is 0.493 e. The second-order valence-electron chi connectivity index (χ2n) is 6.04. The Balaban J connectivity index is 0.00000364. The summed E-state index contributed by atoms with van der Waals surface area (Å²) in [4.78, 5) is 6.50. The highest BCUT2D eigenvalue weighted by Gasteiger charge is 2.14. The molecule has 2 aromatic carbocycles. The van der Waals surface area contributed by atoms with Gasteiger partial charge in [-0.3, -0.25) is 4.99 Å². The molecule has 2 aromatic rings. The van der Waals surface area contributed by atoms with E-state index in [1.165, 1.54) is 5.56 Å². The van der Waals surface area contributed by atoms with Crippen LogP contribution in [0.25, 0.3) is 0 Å². The minimum atomic E-state index is 0. The van der Waals surface area contributed by atoms with Crippen molar-refractivity contribution in [3.63, 3.8) is 0 Å². The van der Waals surface area contributed by atoms with E-state index in [-0.39, 0.29) is 30.0 Å². The third-order valence-corrected chi connectivity index (χ3v) is 4.14. The average Bonchev–Trinajstić information content (AvgIpc) is 2.67. The zero-order chi connectivity index (χ0) is 18.9. The Labute approximate surface area is 179 Å². The number of halogens is 1. The van der Waals surface area contributed by atoms with E-state index >= 15 is 0 Å². The normalized spacial score (nSPS) is 12.1. The fourth-order valence-corrected chi connectivity index (χ4v) is 2.70. The molecule has 0 spiro atoms. The number of nitrogens with zero attached hydrogens (tertiary/aromatic N) is 2. The van der Waals surface area contributed by atoms with E-state index in [2.05, 4.69) is 58.9 Å². The predicted octanol–water partition coefficient (Wildman–Crippen LogP) is 3.61. The van der Waals surface area contributed by atoms with Gasteiger partial charge in [-0.1, -0.05) is 30.3 Å². The molecule has 148 valence electrons. The Kier molecular flexibility index (Phi) is 9.95. The maximum absolute atomic E-state index is 5.35. The minimum absolute atomic E-state index is 0. The molecule has 27 heavy (non-hydrogen) atoms. The van der Waals surface area contributed by atoms with Crippen LogP contribution < -0.4 is 20.1 Å². The second-order valence-corrected chi connectivity index (χ2v) is 6.04. The van der Waals surface area contributed by atoms with Crippen LogP contribution in [0, 0.1) is 0 Å². The van der Waals surface area contributed by atoms with Crippen molar-refractivity contribution in [2.45, 2.75) is 6.04 Å². The first-order valence-electron chi connectivity index (χ1n) is 8.50. The molecule has 0 aromatic heterocycles.